The minimum atomic E-state index is -3.87. The molecule has 20 heavy (non-hydrogen) atoms. The van der Waals surface area contributed by atoms with Crippen LogP contribution in [0.2, 0.25) is 0 Å². The largest absolute Gasteiger partial charge is 0.392 e. The van der Waals surface area contributed by atoms with Crippen molar-refractivity contribution >= 4 is 10.0 Å². The van der Waals surface area contributed by atoms with Crippen molar-refractivity contribution in [3.8, 4) is 0 Å². The number of aliphatic hydroxyl groups excluding tert-OH is 1. The Bertz CT molecular complexity index is 574. The summed E-state index contributed by atoms with van der Waals surface area (Å²) < 4.78 is 40.5. The lowest BCUT2D eigenvalue weighted by atomic mass is 9.99. The van der Waals surface area contributed by atoms with E-state index in [4.69, 9.17) is 5.11 Å². The average molecular weight is 301 g/mol. The first-order chi connectivity index (χ1) is 9.44. The molecule has 2 atom stereocenters. The SMILES string of the molecule is CC1CCCC1CNS(=O)(=O)c1cc(CO)ccc1F. The molecule has 1 fully saturated rings. The zero-order chi connectivity index (χ0) is 14.8. The van der Waals surface area contributed by atoms with Gasteiger partial charge in [-0.2, -0.15) is 0 Å². The van der Waals surface area contributed by atoms with E-state index in [1.165, 1.54) is 12.1 Å². The zero-order valence-electron chi connectivity index (χ0n) is 11.5. The molecule has 4 nitrogen and oxygen atoms in total. The third-order valence-electron chi connectivity index (χ3n) is 4.04. The predicted molar refractivity (Wildman–Crippen MR) is 74.0 cm³/mol. The summed E-state index contributed by atoms with van der Waals surface area (Å²) >= 11 is 0. The Morgan fingerprint density at radius 2 is 2.15 bits per heavy atom. The molecular formula is C14H20FNO3S. The molecule has 2 N–H and O–H groups in total. The van der Waals surface area contributed by atoms with Crippen molar-refractivity contribution in [3.05, 3.63) is 29.6 Å². The molecule has 2 unspecified atom stereocenters. The van der Waals surface area contributed by atoms with Crippen LogP contribution in [0.1, 0.15) is 31.7 Å². The van der Waals surface area contributed by atoms with Crippen LogP contribution in [0.25, 0.3) is 0 Å². The van der Waals surface area contributed by atoms with Crippen molar-refractivity contribution in [1.82, 2.24) is 4.72 Å². The third kappa shape index (κ3) is 3.37. The molecule has 0 aromatic heterocycles. The molecule has 1 aromatic carbocycles. The lowest BCUT2D eigenvalue weighted by molar-refractivity contribution is 0.281. The van der Waals surface area contributed by atoms with Crippen molar-refractivity contribution in [2.75, 3.05) is 6.54 Å². The Morgan fingerprint density at radius 3 is 2.75 bits per heavy atom. The summed E-state index contributed by atoms with van der Waals surface area (Å²) in [4.78, 5) is -0.394. The van der Waals surface area contributed by atoms with Gasteiger partial charge in [-0.1, -0.05) is 25.8 Å². The standard InChI is InChI=1S/C14H20FNO3S/c1-10-3-2-4-12(10)8-16-20(18,19)14-7-11(9-17)5-6-13(14)15/h5-7,10,12,16-17H,2-4,8-9H2,1H3. The van der Waals surface area contributed by atoms with E-state index in [0.29, 0.717) is 23.9 Å². The van der Waals surface area contributed by atoms with Crippen molar-refractivity contribution in [3.63, 3.8) is 0 Å². The monoisotopic (exact) mass is 301 g/mol. The maximum atomic E-state index is 13.7. The van der Waals surface area contributed by atoms with Crippen LogP contribution in [0.3, 0.4) is 0 Å². The first kappa shape index (κ1) is 15.4. The quantitative estimate of drug-likeness (QED) is 0.874. The second-order valence-electron chi connectivity index (χ2n) is 5.44. The Labute approximate surface area is 119 Å². The molecule has 0 heterocycles. The lowest BCUT2D eigenvalue weighted by Gasteiger charge is -2.16. The van der Waals surface area contributed by atoms with Crippen LogP contribution < -0.4 is 4.72 Å². The second kappa shape index (κ2) is 6.20. The molecule has 1 aliphatic carbocycles. The van der Waals surface area contributed by atoms with Crippen LogP contribution in [-0.2, 0) is 16.6 Å². The molecule has 0 amide bonds. The maximum Gasteiger partial charge on any atom is 0.243 e. The highest BCUT2D eigenvalue weighted by atomic mass is 32.2. The molecule has 1 aromatic rings. The van der Waals surface area contributed by atoms with Crippen molar-refractivity contribution in [2.45, 2.75) is 37.7 Å². The number of nitrogens with one attached hydrogen (secondary N) is 1. The van der Waals surface area contributed by atoms with Gasteiger partial charge in [0.15, 0.2) is 0 Å². The highest BCUT2D eigenvalue weighted by Gasteiger charge is 2.26. The van der Waals surface area contributed by atoms with E-state index in [0.717, 1.165) is 25.3 Å². The van der Waals surface area contributed by atoms with Gasteiger partial charge in [0.05, 0.1) is 6.61 Å². The van der Waals surface area contributed by atoms with Gasteiger partial charge < -0.3 is 5.11 Å². The van der Waals surface area contributed by atoms with Gasteiger partial charge in [0.25, 0.3) is 0 Å². The average Bonchev–Trinajstić information content (AvgIpc) is 2.82. The van der Waals surface area contributed by atoms with Gasteiger partial charge in [-0.25, -0.2) is 17.5 Å². The van der Waals surface area contributed by atoms with E-state index in [9.17, 15) is 12.8 Å². The van der Waals surface area contributed by atoms with Crippen molar-refractivity contribution in [2.24, 2.45) is 11.8 Å². The smallest absolute Gasteiger partial charge is 0.243 e. The molecule has 1 saturated carbocycles. The van der Waals surface area contributed by atoms with Crippen molar-refractivity contribution in [1.29, 1.82) is 0 Å². The van der Waals surface area contributed by atoms with E-state index in [-0.39, 0.29) is 6.61 Å². The molecule has 0 bridgehead atoms. The highest BCUT2D eigenvalue weighted by Crippen LogP contribution is 2.30. The Morgan fingerprint density at radius 1 is 1.40 bits per heavy atom. The molecule has 0 saturated heterocycles. The molecule has 1 aliphatic rings. The summed E-state index contributed by atoms with van der Waals surface area (Å²) in [6, 6.07) is 3.61. The molecular weight excluding hydrogens is 281 g/mol. The molecule has 0 spiro atoms. The minimum Gasteiger partial charge on any atom is -0.392 e. The van der Waals surface area contributed by atoms with E-state index < -0.39 is 20.7 Å². The topological polar surface area (TPSA) is 66.4 Å². The van der Waals surface area contributed by atoms with Crippen LogP contribution in [0.4, 0.5) is 4.39 Å². The minimum absolute atomic E-state index is 0.314. The Hall–Kier alpha value is -0.980. The summed E-state index contributed by atoms with van der Waals surface area (Å²) in [5, 5.41) is 9.02. The number of sulfonamides is 1. The second-order valence-corrected chi connectivity index (χ2v) is 7.18. The van der Waals surface area contributed by atoms with Gasteiger partial charge in [-0.05, 0) is 36.0 Å². The highest BCUT2D eigenvalue weighted by molar-refractivity contribution is 7.89. The summed E-state index contributed by atoms with van der Waals surface area (Å²) in [7, 11) is -3.87. The maximum absolute atomic E-state index is 13.7. The predicted octanol–water partition coefficient (Wildman–Crippen LogP) is 2.03. The zero-order valence-corrected chi connectivity index (χ0v) is 12.3. The fourth-order valence-electron chi connectivity index (χ4n) is 2.67. The molecule has 0 aliphatic heterocycles. The fraction of sp³-hybridized carbons (Fsp3) is 0.571. The van der Waals surface area contributed by atoms with Crippen LogP contribution in [0.5, 0.6) is 0 Å². The van der Waals surface area contributed by atoms with Crippen LogP contribution in [0.15, 0.2) is 23.1 Å². The van der Waals surface area contributed by atoms with Crippen molar-refractivity contribution < 1.29 is 17.9 Å². The van der Waals surface area contributed by atoms with Crippen LogP contribution >= 0.6 is 0 Å². The summed E-state index contributed by atoms with van der Waals surface area (Å²) in [5.74, 6) is 0.00866. The Balaban J connectivity index is 2.13. The number of rotatable bonds is 5. The molecule has 6 heteroatoms. The lowest BCUT2D eigenvalue weighted by Crippen LogP contribution is -2.31. The Kier molecular flexibility index (Phi) is 4.78. The van der Waals surface area contributed by atoms with E-state index in [1.807, 2.05) is 0 Å². The number of benzene rings is 1. The number of halogens is 1. The van der Waals surface area contributed by atoms with Gasteiger partial charge in [-0.15, -0.1) is 0 Å². The van der Waals surface area contributed by atoms with Crippen LogP contribution in [0, 0.1) is 17.7 Å². The molecule has 112 valence electrons. The van der Waals surface area contributed by atoms with E-state index in [2.05, 4.69) is 11.6 Å². The summed E-state index contributed by atoms with van der Waals surface area (Å²) in [6.07, 6.45) is 3.23. The first-order valence-corrected chi connectivity index (χ1v) is 8.31. The fourth-order valence-corrected chi connectivity index (χ4v) is 3.89. The van der Waals surface area contributed by atoms with Crippen LogP contribution in [-0.4, -0.2) is 20.1 Å². The van der Waals surface area contributed by atoms with Gasteiger partial charge in [0.1, 0.15) is 10.7 Å². The number of hydrogen-bond donors (Lipinski definition) is 2. The van der Waals surface area contributed by atoms with E-state index in [1.54, 1.807) is 0 Å². The third-order valence-corrected chi connectivity index (χ3v) is 5.48. The summed E-state index contributed by atoms with van der Waals surface area (Å²) in [5.41, 5.74) is 0.376. The number of aliphatic hydroxyl groups is 1. The first-order valence-electron chi connectivity index (χ1n) is 6.83. The molecule has 2 rings (SSSR count). The normalized spacial score (nSPS) is 23.1. The number of hydrogen-bond acceptors (Lipinski definition) is 3. The summed E-state index contributed by atoms with van der Waals surface area (Å²) in [6.45, 7) is 2.13. The van der Waals surface area contributed by atoms with Gasteiger partial charge >= 0.3 is 0 Å². The van der Waals surface area contributed by atoms with E-state index >= 15 is 0 Å². The van der Waals surface area contributed by atoms with Gasteiger partial charge in [0, 0.05) is 6.54 Å². The van der Waals surface area contributed by atoms with Gasteiger partial charge in [0.2, 0.25) is 10.0 Å². The molecule has 0 radical (unpaired) electrons. The van der Waals surface area contributed by atoms with Gasteiger partial charge in [-0.3, -0.25) is 0 Å².